The van der Waals surface area contributed by atoms with E-state index in [9.17, 15) is 14.4 Å². The Kier molecular flexibility index (Phi) is 5.32. The number of nitrogens with zero attached hydrogens (tertiary/aromatic N) is 1. The summed E-state index contributed by atoms with van der Waals surface area (Å²) in [6.45, 7) is 15.7. The second-order valence-electron chi connectivity index (χ2n) is 10.4. The minimum absolute atomic E-state index is 0.0193. The lowest BCUT2D eigenvalue weighted by Crippen LogP contribution is -2.58. The smallest absolute Gasteiger partial charge is 0.408 e. The van der Waals surface area contributed by atoms with Crippen molar-refractivity contribution < 1.29 is 23.9 Å². The van der Waals surface area contributed by atoms with Gasteiger partial charge in [0, 0.05) is 12.5 Å². The summed E-state index contributed by atoms with van der Waals surface area (Å²) in [5.74, 6) is -0.304. The zero-order valence-corrected chi connectivity index (χ0v) is 18.0. The topological polar surface area (TPSA) is 84.9 Å². The van der Waals surface area contributed by atoms with Crippen molar-refractivity contribution in [1.29, 1.82) is 0 Å². The highest BCUT2D eigenvalue weighted by Crippen LogP contribution is 2.65. The third kappa shape index (κ3) is 4.22. The van der Waals surface area contributed by atoms with Crippen molar-refractivity contribution in [2.24, 2.45) is 22.7 Å². The van der Waals surface area contributed by atoms with E-state index < -0.39 is 35.2 Å². The highest BCUT2D eigenvalue weighted by Gasteiger charge is 2.70. The van der Waals surface area contributed by atoms with Gasteiger partial charge in [-0.25, -0.2) is 9.59 Å². The van der Waals surface area contributed by atoms with Crippen molar-refractivity contribution in [3.05, 3.63) is 0 Å². The molecule has 0 spiro atoms. The Labute approximate surface area is 162 Å². The van der Waals surface area contributed by atoms with Gasteiger partial charge in [0.1, 0.15) is 17.7 Å². The number of hydrogen-bond acceptors (Lipinski definition) is 5. The van der Waals surface area contributed by atoms with Crippen molar-refractivity contribution >= 4 is 18.0 Å². The monoisotopic (exact) mass is 382 g/mol. The highest BCUT2D eigenvalue weighted by atomic mass is 16.6. The highest BCUT2D eigenvalue weighted by molar-refractivity contribution is 5.91. The molecule has 7 nitrogen and oxygen atoms in total. The van der Waals surface area contributed by atoms with Crippen molar-refractivity contribution in [3.8, 4) is 0 Å². The van der Waals surface area contributed by atoms with E-state index in [1.165, 1.54) is 7.11 Å². The summed E-state index contributed by atoms with van der Waals surface area (Å²) in [5, 5.41) is 2.71. The minimum Gasteiger partial charge on any atom is -0.467 e. The first-order chi connectivity index (χ1) is 12.1. The van der Waals surface area contributed by atoms with Crippen LogP contribution in [0.4, 0.5) is 4.79 Å². The van der Waals surface area contributed by atoms with Crippen molar-refractivity contribution in [2.75, 3.05) is 13.7 Å². The number of esters is 1. The predicted molar refractivity (Wildman–Crippen MR) is 101 cm³/mol. The third-order valence-corrected chi connectivity index (χ3v) is 5.71. The number of carbonyl (C=O) groups is 3. The molecular formula is C20H34N2O5. The summed E-state index contributed by atoms with van der Waals surface area (Å²) in [6.07, 6.45) is -0.643. The number of fused-ring (bicyclic) bond motifs is 1. The van der Waals surface area contributed by atoms with Crippen LogP contribution in [0.15, 0.2) is 0 Å². The molecule has 1 aliphatic heterocycles. The van der Waals surface area contributed by atoms with Crippen LogP contribution in [-0.2, 0) is 19.1 Å². The second kappa shape index (κ2) is 6.67. The van der Waals surface area contributed by atoms with Crippen LogP contribution in [0, 0.1) is 22.7 Å². The maximum absolute atomic E-state index is 13.3. The van der Waals surface area contributed by atoms with Gasteiger partial charge in [-0.1, -0.05) is 34.6 Å². The van der Waals surface area contributed by atoms with Gasteiger partial charge in [-0.3, -0.25) is 4.79 Å². The van der Waals surface area contributed by atoms with Gasteiger partial charge in [0.15, 0.2) is 0 Å². The first kappa shape index (κ1) is 21.5. The average molecular weight is 383 g/mol. The number of ether oxygens (including phenoxy) is 2. The maximum Gasteiger partial charge on any atom is 0.408 e. The number of rotatable bonds is 3. The maximum atomic E-state index is 13.3. The first-order valence-corrected chi connectivity index (χ1v) is 9.49. The van der Waals surface area contributed by atoms with E-state index in [2.05, 4.69) is 19.2 Å². The molecule has 1 saturated heterocycles. The van der Waals surface area contributed by atoms with Gasteiger partial charge in [0.25, 0.3) is 0 Å². The standard InChI is InChI=1S/C20H34N2O5/c1-18(2,3)14(21-17(25)27-19(4,5)6)15(23)22-10-11-12(20(11,7)8)13(22)16(24)26-9/h11-14H,10H2,1-9H3,(H,21,25)/t11?,12?,13-,14?/m0/s1. The van der Waals surface area contributed by atoms with E-state index >= 15 is 0 Å². The van der Waals surface area contributed by atoms with E-state index in [0.29, 0.717) is 6.54 Å². The molecule has 4 atom stereocenters. The molecule has 2 fully saturated rings. The number of hydrogen-bond donors (Lipinski definition) is 1. The number of alkyl carbamates (subject to hydrolysis) is 1. The first-order valence-electron chi connectivity index (χ1n) is 9.49. The second-order valence-corrected chi connectivity index (χ2v) is 10.4. The molecule has 7 heteroatoms. The van der Waals surface area contributed by atoms with E-state index in [1.54, 1.807) is 25.7 Å². The Hall–Kier alpha value is -1.79. The van der Waals surface area contributed by atoms with Crippen LogP contribution < -0.4 is 5.32 Å². The Morgan fingerprint density at radius 3 is 2.11 bits per heavy atom. The molecule has 154 valence electrons. The van der Waals surface area contributed by atoms with Crippen molar-refractivity contribution in [1.82, 2.24) is 10.2 Å². The van der Waals surface area contributed by atoms with E-state index in [1.807, 2.05) is 20.8 Å². The number of amides is 2. The molecule has 2 amide bonds. The zero-order chi connectivity index (χ0) is 20.9. The molecule has 1 saturated carbocycles. The Balaban J connectivity index is 2.23. The summed E-state index contributed by atoms with van der Waals surface area (Å²) in [5.41, 5.74) is -1.19. The van der Waals surface area contributed by atoms with Crippen LogP contribution >= 0.6 is 0 Å². The molecule has 2 aliphatic rings. The normalized spacial score (nSPS) is 27.4. The number of likely N-dealkylation sites (tertiary alicyclic amines) is 1. The van der Waals surface area contributed by atoms with E-state index in [-0.39, 0.29) is 23.2 Å². The molecule has 1 aliphatic carbocycles. The number of nitrogens with one attached hydrogen (secondary N) is 1. The van der Waals surface area contributed by atoms with Gasteiger partial charge in [-0.05, 0) is 37.5 Å². The number of piperidine rings is 1. The molecule has 1 N–H and O–H groups in total. The summed E-state index contributed by atoms with van der Waals surface area (Å²) in [4.78, 5) is 39.6. The predicted octanol–water partition coefficient (Wildman–Crippen LogP) is 2.58. The molecule has 3 unspecified atom stereocenters. The molecule has 0 aromatic heterocycles. The van der Waals surface area contributed by atoms with Crippen LogP contribution in [0.2, 0.25) is 0 Å². The Morgan fingerprint density at radius 2 is 1.67 bits per heavy atom. The lowest BCUT2D eigenvalue weighted by molar-refractivity contribution is -0.154. The van der Waals surface area contributed by atoms with Gasteiger partial charge in [-0.15, -0.1) is 0 Å². The van der Waals surface area contributed by atoms with Crippen LogP contribution in [0.3, 0.4) is 0 Å². The quantitative estimate of drug-likeness (QED) is 0.759. The van der Waals surface area contributed by atoms with Crippen LogP contribution in [0.25, 0.3) is 0 Å². The largest absolute Gasteiger partial charge is 0.467 e. The van der Waals surface area contributed by atoms with Crippen LogP contribution in [0.5, 0.6) is 0 Å². The Morgan fingerprint density at radius 1 is 1.11 bits per heavy atom. The molecule has 0 aromatic rings. The van der Waals surface area contributed by atoms with Gasteiger partial charge >= 0.3 is 12.1 Å². The SMILES string of the molecule is COC(=O)[C@@H]1C2C(CN1C(=O)C(NC(=O)OC(C)(C)C)C(C)(C)C)C2(C)C. The molecule has 27 heavy (non-hydrogen) atoms. The van der Waals surface area contributed by atoms with Gasteiger partial charge in [0.2, 0.25) is 5.91 Å². The molecule has 1 heterocycles. The van der Waals surface area contributed by atoms with Gasteiger partial charge in [0.05, 0.1) is 7.11 Å². The van der Waals surface area contributed by atoms with Crippen molar-refractivity contribution in [2.45, 2.75) is 73.1 Å². The number of methoxy groups -OCH3 is 1. The van der Waals surface area contributed by atoms with Crippen LogP contribution in [-0.4, -0.2) is 54.2 Å². The summed E-state index contributed by atoms with van der Waals surface area (Å²) in [6, 6.07) is -1.41. The molecule has 0 aromatic carbocycles. The fraction of sp³-hybridized carbons (Fsp3) is 0.850. The molecule has 2 rings (SSSR count). The molecule has 0 bridgehead atoms. The summed E-state index contributed by atoms with van der Waals surface area (Å²) in [7, 11) is 1.34. The average Bonchev–Trinajstić information content (AvgIpc) is 2.85. The van der Waals surface area contributed by atoms with E-state index in [4.69, 9.17) is 9.47 Å². The summed E-state index contributed by atoms with van der Waals surface area (Å²) >= 11 is 0. The van der Waals surface area contributed by atoms with Crippen molar-refractivity contribution in [3.63, 3.8) is 0 Å². The fourth-order valence-electron chi connectivity index (χ4n) is 4.14. The van der Waals surface area contributed by atoms with Gasteiger partial charge < -0.3 is 19.7 Å². The molecular weight excluding hydrogens is 348 g/mol. The van der Waals surface area contributed by atoms with E-state index in [0.717, 1.165) is 0 Å². The summed E-state index contributed by atoms with van der Waals surface area (Å²) < 4.78 is 10.3. The van der Waals surface area contributed by atoms with Crippen LogP contribution in [0.1, 0.15) is 55.4 Å². The Bertz CT molecular complexity index is 629. The number of carbonyl (C=O) groups excluding carboxylic acids is 3. The lowest BCUT2D eigenvalue weighted by atomic mass is 9.85. The van der Waals surface area contributed by atoms with Gasteiger partial charge in [-0.2, -0.15) is 0 Å². The fourth-order valence-corrected chi connectivity index (χ4v) is 4.14. The lowest BCUT2D eigenvalue weighted by Gasteiger charge is -2.37. The minimum atomic E-state index is -0.805. The third-order valence-electron chi connectivity index (χ3n) is 5.71. The molecule has 0 radical (unpaired) electrons. The zero-order valence-electron chi connectivity index (χ0n) is 18.0.